The Bertz CT molecular complexity index is 1350. The maximum absolute atomic E-state index is 12.9. The zero-order valence-electron chi connectivity index (χ0n) is 15.7. The maximum atomic E-state index is 12.9. The normalized spacial score (nSPS) is 11.2. The fourth-order valence-electron chi connectivity index (χ4n) is 3.19. The van der Waals surface area contributed by atoms with Crippen molar-refractivity contribution in [3.63, 3.8) is 0 Å². The highest BCUT2D eigenvalue weighted by atomic mass is 16.1. The van der Waals surface area contributed by atoms with Gasteiger partial charge in [0.1, 0.15) is 17.4 Å². The van der Waals surface area contributed by atoms with Crippen LogP contribution in [0, 0.1) is 6.92 Å². The van der Waals surface area contributed by atoms with E-state index in [-0.39, 0.29) is 12.1 Å². The fourth-order valence-corrected chi connectivity index (χ4v) is 3.19. The Morgan fingerprint density at radius 1 is 0.966 bits per heavy atom. The van der Waals surface area contributed by atoms with Crippen molar-refractivity contribution in [3.05, 3.63) is 94.9 Å². The molecule has 0 fully saturated rings. The van der Waals surface area contributed by atoms with E-state index in [4.69, 9.17) is 0 Å². The number of para-hydroxylation sites is 1. The summed E-state index contributed by atoms with van der Waals surface area (Å²) in [5.41, 5.74) is 3.98. The largest absolute Gasteiger partial charge is 0.292 e. The van der Waals surface area contributed by atoms with E-state index in [0.717, 1.165) is 11.4 Å². The first-order chi connectivity index (χ1) is 14.2. The molecule has 0 atom stereocenters. The number of fused-ring (bicyclic) bond motifs is 1. The lowest BCUT2D eigenvalue weighted by atomic mass is 10.2. The van der Waals surface area contributed by atoms with Gasteiger partial charge < -0.3 is 0 Å². The summed E-state index contributed by atoms with van der Waals surface area (Å²) in [6.07, 6.45) is 4.89. The second kappa shape index (κ2) is 6.83. The Hall–Kier alpha value is -4.07. The highest BCUT2D eigenvalue weighted by Crippen LogP contribution is 2.13. The van der Waals surface area contributed by atoms with Crippen LogP contribution in [-0.4, -0.2) is 34.3 Å². The minimum Gasteiger partial charge on any atom is -0.292 e. The molecule has 142 valence electrons. The molecule has 5 aromatic rings. The van der Waals surface area contributed by atoms with E-state index in [1.165, 1.54) is 16.5 Å². The number of hydrogen-bond donors (Lipinski definition) is 0. The van der Waals surface area contributed by atoms with Crippen LogP contribution in [0.3, 0.4) is 0 Å². The molecule has 5 rings (SSSR count). The van der Waals surface area contributed by atoms with Crippen molar-refractivity contribution in [3.8, 4) is 11.4 Å². The summed E-state index contributed by atoms with van der Waals surface area (Å²) >= 11 is 0. The fraction of sp³-hybridized carbons (Fsp3) is 0.0952. The van der Waals surface area contributed by atoms with Crippen LogP contribution in [0.5, 0.6) is 0 Å². The molecule has 0 radical (unpaired) electrons. The molecule has 0 aliphatic carbocycles. The predicted octanol–water partition coefficient (Wildman–Crippen LogP) is 2.52. The third-order valence-corrected chi connectivity index (χ3v) is 4.73. The molecular weight excluding hydrogens is 366 g/mol. The van der Waals surface area contributed by atoms with Crippen molar-refractivity contribution in [2.24, 2.45) is 0 Å². The monoisotopic (exact) mass is 383 g/mol. The number of benzene rings is 2. The summed E-state index contributed by atoms with van der Waals surface area (Å²) < 4.78 is 4.87. The summed E-state index contributed by atoms with van der Waals surface area (Å²) in [4.78, 5) is 17.4. The zero-order chi connectivity index (χ0) is 19.8. The molecule has 0 aliphatic heterocycles. The van der Waals surface area contributed by atoms with Crippen molar-refractivity contribution in [2.75, 3.05) is 0 Å². The van der Waals surface area contributed by atoms with Crippen LogP contribution in [0.15, 0.2) is 78.1 Å². The van der Waals surface area contributed by atoms with Gasteiger partial charge in [-0.2, -0.15) is 5.10 Å². The van der Waals surface area contributed by atoms with E-state index in [2.05, 4.69) is 20.4 Å². The SMILES string of the molecule is Cc1ccc(-n2cc(Cn3cnc4c(cnn4-c4ccccc4)c3=O)nn2)cc1. The summed E-state index contributed by atoms with van der Waals surface area (Å²) in [6, 6.07) is 17.6. The second-order valence-electron chi connectivity index (χ2n) is 6.80. The Balaban J connectivity index is 1.47. The number of aromatic nitrogens is 7. The van der Waals surface area contributed by atoms with Gasteiger partial charge in [-0.3, -0.25) is 9.36 Å². The van der Waals surface area contributed by atoms with Crippen molar-refractivity contribution in [2.45, 2.75) is 13.5 Å². The first-order valence-corrected chi connectivity index (χ1v) is 9.16. The Labute approximate surface area is 165 Å². The quantitative estimate of drug-likeness (QED) is 0.476. The molecule has 3 aromatic heterocycles. The zero-order valence-corrected chi connectivity index (χ0v) is 15.7. The minimum absolute atomic E-state index is 0.165. The van der Waals surface area contributed by atoms with E-state index in [1.807, 2.05) is 67.7 Å². The molecule has 8 nitrogen and oxygen atoms in total. The van der Waals surface area contributed by atoms with Gasteiger partial charge in [0.15, 0.2) is 5.65 Å². The van der Waals surface area contributed by atoms with E-state index >= 15 is 0 Å². The average molecular weight is 383 g/mol. The van der Waals surface area contributed by atoms with Gasteiger partial charge in [0, 0.05) is 0 Å². The van der Waals surface area contributed by atoms with Gasteiger partial charge in [0.2, 0.25) is 0 Å². The molecule has 0 N–H and O–H groups in total. The molecule has 0 saturated carbocycles. The maximum Gasteiger partial charge on any atom is 0.264 e. The molecule has 8 heteroatoms. The van der Waals surface area contributed by atoms with Gasteiger partial charge >= 0.3 is 0 Å². The summed E-state index contributed by atoms with van der Waals surface area (Å²) in [5, 5.41) is 13.1. The van der Waals surface area contributed by atoms with Crippen LogP contribution in [0.4, 0.5) is 0 Å². The van der Waals surface area contributed by atoms with Crippen LogP contribution in [0.25, 0.3) is 22.4 Å². The van der Waals surface area contributed by atoms with Gasteiger partial charge in [-0.1, -0.05) is 41.1 Å². The minimum atomic E-state index is -0.165. The van der Waals surface area contributed by atoms with Crippen LogP contribution >= 0.6 is 0 Å². The van der Waals surface area contributed by atoms with Gasteiger partial charge in [-0.15, -0.1) is 5.10 Å². The van der Waals surface area contributed by atoms with Crippen molar-refractivity contribution >= 4 is 11.0 Å². The highest BCUT2D eigenvalue weighted by Gasteiger charge is 2.12. The van der Waals surface area contributed by atoms with Crippen LogP contribution in [0.2, 0.25) is 0 Å². The van der Waals surface area contributed by atoms with E-state index in [0.29, 0.717) is 16.7 Å². The lowest BCUT2D eigenvalue weighted by molar-refractivity contribution is 0.720. The predicted molar refractivity (Wildman–Crippen MR) is 108 cm³/mol. The molecule has 0 aliphatic rings. The van der Waals surface area contributed by atoms with Gasteiger partial charge in [0.05, 0.1) is 30.3 Å². The van der Waals surface area contributed by atoms with Crippen molar-refractivity contribution in [1.82, 2.24) is 34.3 Å². The Kier molecular flexibility index (Phi) is 4.02. The number of nitrogens with zero attached hydrogens (tertiary/aromatic N) is 7. The average Bonchev–Trinajstić information content (AvgIpc) is 3.39. The number of hydrogen-bond acceptors (Lipinski definition) is 5. The molecule has 0 unspecified atom stereocenters. The molecule has 0 amide bonds. The van der Waals surface area contributed by atoms with E-state index in [1.54, 1.807) is 15.6 Å². The molecule has 2 aromatic carbocycles. The third kappa shape index (κ3) is 3.10. The third-order valence-electron chi connectivity index (χ3n) is 4.73. The van der Waals surface area contributed by atoms with Crippen LogP contribution < -0.4 is 5.56 Å². The van der Waals surface area contributed by atoms with Gasteiger partial charge in [0.25, 0.3) is 5.56 Å². The van der Waals surface area contributed by atoms with Gasteiger partial charge in [-0.05, 0) is 31.2 Å². The number of rotatable bonds is 4. The smallest absolute Gasteiger partial charge is 0.264 e. The Morgan fingerprint density at radius 3 is 2.55 bits per heavy atom. The summed E-state index contributed by atoms with van der Waals surface area (Å²) in [7, 11) is 0. The van der Waals surface area contributed by atoms with Crippen molar-refractivity contribution < 1.29 is 0 Å². The number of aryl methyl sites for hydroxylation is 1. The summed E-state index contributed by atoms with van der Waals surface area (Å²) in [5.74, 6) is 0. The Morgan fingerprint density at radius 2 is 1.76 bits per heavy atom. The van der Waals surface area contributed by atoms with Gasteiger partial charge in [-0.25, -0.2) is 14.3 Å². The molecule has 0 bridgehead atoms. The first-order valence-electron chi connectivity index (χ1n) is 9.16. The topological polar surface area (TPSA) is 83.4 Å². The first kappa shape index (κ1) is 17.1. The summed E-state index contributed by atoms with van der Waals surface area (Å²) in [6.45, 7) is 2.32. The van der Waals surface area contributed by atoms with Crippen LogP contribution in [0.1, 0.15) is 11.3 Å². The molecular formula is C21H17N7O. The molecule has 3 heterocycles. The van der Waals surface area contributed by atoms with E-state index in [9.17, 15) is 4.79 Å². The lowest BCUT2D eigenvalue weighted by Gasteiger charge is -2.04. The lowest BCUT2D eigenvalue weighted by Crippen LogP contribution is -2.21. The van der Waals surface area contributed by atoms with E-state index < -0.39 is 0 Å². The second-order valence-corrected chi connectivity index (χ2v) is 6.80. The molecule has 29 heavy (non-hydrogen) atoms. The van der Waals surface area contributed by atoms with Crippen LogP contribution in [-0.2, 0) is 6.54 Å². The highest BCUT2D eigenvalue weighted by molar-refractivity contribution is 5.74. The molecule has 0 saturated heterocycles. The van der Waals surface area contributed by atoms with Crippen molar-refractivity contribution in [1.29, 1.82) is 0 Å². The standard InChI is InChI=1S/C21H17N7O/c1-15-7-9-17(10-8-15)27-13-16(24-25-27)12-26-14-22-20-19(21(26)29)11-23-28(20)18-5-3-2-4-6-18/h2-11,13-14H,12H2,1H3. The molecule has 0 spiro atoms.